The van der Waals surface area contributed by atoms with Gasteiger partial charge in [0.25, 0.3) is 0 Å². The Morgan fingerprint density at radius 2 is 2.10 bits per heavy atom. The van der Waals surface area contributed by atoms with E-state index in [-0.39, 0.29) is 23.7 Å². The zero-order chi connectivity index (χ0) is 20.8. The fourth-order valence-electron chi connectivity index (χ4n) is 3.40. The van der Waals surface area contributed by atoms with Crippen LogP contribution in [0.3, 0.4) is 0 Å². The lowest BCUT2D eigenvalue weighted by Gasteiger charge is -2.32. The second-order valence-electron chi connectivity index (χ2n) is 7.76. The summed E-state index contributed by atoms with van der Waals surface area (Å²) < 4.78 is 10.4. The molecular formula is C22H29N3O4. The summed E-state index contributed by atoms with van der Waals surface area (Å²) in [5, 5.41) is 6.92. The first kappa shape index (κ1) is 20.9. The highest BCUT2D eigenvalue weighted by atomic mass is 16.5. The summed E-state index contributed by atoms with van der Waals surface area (Å²) in [4.78, 5) is 26.7. The molecule has 29 heavy (non-hydrogen) atoms. The van der Waals surface area contributed by atoms with Gasteiger partial charge in [0.2, 0.25) is 11.8 Å². The Bertz CT molecular complexity index is 829. The van der Waals surface area contributed by atoms with Crippen LogP contribution < -0.4 is 10.1 Å². The van der Waals surface area contributed by atoms with Crippen molar-refractivity contribution >= 4 is 11.8 Å². The van der Waals surface area contributed by atoms with Crippen LogP contribution in [0.1, 0.15) is 49.6 Å². The van der Waals surface area contributed by atoms with Crippen LogP contribution in [0.25, 0.3) is 0 Å². The Morgan fingerprint density at radius 3 is 2.76 bits per heavy atom. The predicted molar refractivity (Wildman–Crippen MR) is 108 cm³/mol. The van der Waals surface area contributed by atoms with Gasteiger partial charge in [-0.05, 0) is 36.5 Å². The molecule has 0 aliphatic carbocycles. The van der Waals surface area contributed by atoms with Gasteiger partial charge < -0.3 is 19.5 Å². The van der Waals surface area contributed by atoms with Gasteiger partial charge in [0.05, 0.1) is 25.3 Å². The highest BCUT2D eigenvalue weighted by Gasteiger charge is 2.30. The van der Waals surface area contributed by atoms with Gasteiger partial charge >= 0.3 is 0 Å². The molecule has 1 aromatic carbocycles. The van der Waals surface area contributed by atoms with E-state index in [0.717, 1.165) is 23.4 Å². The average molecular weight is 399 g/mol. The number of likely N-dealkylation sites (tertiary alicyclic amines) is 1. The number of rotatable bonds is 8. The van der Waals surface area contributed by atoms with Crippen LogP contribution in [0.2, 0.25) is 0 Å². The average Bonchev–Trinajstić information content (AvgIpc) is 3.21. The molecule has 156 valence electrons. The van der Waals surface area contributed by atoms with Crippen molar-refractivity contribution in [3.8, 4) is 5.75 Å². The maximum absolute atomic E-state index is 12.6. The third-order valence-electron chi connectivity index (χ3n) is 5.31. The van der Waals surface area contributed by atoms with Gasteiger partial charge in [-0.1, -0.05) is 31.1 Å². The number of ether oxygens (including phenoxy) is 1. The molecule has 1 aliphatic rings. The molecule has 2 heterocycles. The van der Waals surface area contributed by atoms with Crippen molar-refractivity contribution in [1.29, 1.82) is 0 Å². The van der Waals surface area contributed by atoms with Crippen LogP contribution in [-0.4, -0.2) is 42.1 Å². The van der Waals surface area contributed by atoms with E-state index in [1.807, 2.05) is 44.2 Å². The van der Waals surface area contributed by atoms with Crippen molar-refractivity contribution in [3.63, 3.8) is 0 Å². The molecule has 0 bridgehead atoms. The van der Waals surface area contributed by atoms with Gasteiger partial charge in [0.15, 0.2) is 5.76 Å². The minimum atomic E-state index is -0.198. The highest BCUT2D eigenvalue weighted by Crippen LogP contribution is 2.20. The number of benzene rings is 1. The van der Waals surface area contributed by atoms with E-state index in [9.17, 15) is 9.59 Å². The van der Waals surface area contributed by atoms with Gasteiger partial charge in [-0.25, -0.2) is 0 Å². The number of amides is 2. The summed E-state index contributed by atoms with van der Waals surface area (Å²) in [5.41, 5.74) is 2.01. The number of carbonyl (C=O) groups excluding carboxylic acids is 2. The van der Waals surface area contributed by atoms with Crippen LogP contribution >= 0.6 is 0 Å². The molecule has 0 unspecified atom stereocenters. The number of aromatic nitrogens is 1. The summed E-state index contributed by atoms with van der Waals surface area (Å²) in [6.07, 6.45) is 1.73. The minimum Gasteiger partial charge on any atom is -0.497 e. The second-order valence-corrected chi connectivity index (χ2v) is 7.76. The molecule has 0 spiro atoms. The third-order valence-corrected chi connectivity index (χ3v) is 5.31. The maximum Gasteiger partial charge on any atom is 0.225 e. The molecular weight excluding hydrogens is 370 g/mol. The largest absolute Gasteiger partial charge is 0.497 e. The Kier molecular flexibility index (Phi) is 6.90. The van der Waals surface area contributed by atoms with Gasteiger partial charge in [0.1, 0.15) is 5.75 Å². The summed E-state index contributed by atoms with van der Waals surface area (Å²) in [6.45, 7) is 5.46. The lowest BCUT2D eigenvalue weighted by atomic mass is 9.96. The van der Waals surface area contributed by atoms with Crippen LogP contribution in [0, 0.1) is 5.92 Å². The summed E-state index contributed by atoms with van der Waals surface area (Å²) >= 11 is 0. The number of methoxy groups -OCH3 is 1. The van der Waals surface area contributed by atoms with Crippen LogP contribution in [-0.2, 0) is 22.6 Å². The van der Waals surface area contributed by atoms with E-state index in [4.69, 9.17) is 9.26 Å². The zero-order valence-electron chi connectivity index (χ0n) is 17.3. The highest BCUT2D eigenvalue weighted by molar-refractivity contribution is 5.83. The predicted octanol–water partition coefficient (Wildman–Crippen LogP) is 2.90. The molecule has 0 saturated carbocycles. The Hall–Kier alpha value is -2.83. The molecule has 1 aromatic heterocycles. The molecule has 1 saturated heterocycles. The minimum absolute atomic E-state index is 0.0468. The standard InChI is InChI=1S/C22H29N3O4/c1-15(2)20-12-19(29-24-20)13-23-22(27)17-6-9-21(26)25(14-17)11-10-16-4-7-18(28-3)8-5-16/h4-5,7-8,12,15,17H,6,9-11,13-14H2,1-3H3,(H,23,27)/t17-/m1/s1. The maximum atomic E-state index is 12.6. The number of nitrogens with one attached hydrogen (secondary N) is 1. The van der Waals surface area contributed by atoms with Crippen molar-refractivity contribution in [2.45, 2.75) is 45.6 Å². The van der Waals surface area contributed by atoms with E-state index in [2.05, 4.69) is 10.5 Å². The molecule has 1 N–H and O–H groups in total. The molecule has 2 aromatic rings. The zero-order valence-corrected chi connectivity index (χ0v) is 17.3. The first-order valence-electron chi connectivity index (χ1n) is 10.1. The SMILES string of the molecule is COc1ccc(CCN2C[C@H](C(=O)NCc3cc(C(C)C)no3)CCC2=O)cc1. The number of hydrogen-bond donors (Lipinski definition) is 1. The third kappa shape index (κ3) is 5.59. The summed E-state index contributed by atoms with van der Waals surface area (Å²) in [6, 6.07) is 9.70. The van der Waals surface area contributed by atoms with E-state index >= 15 is 0 Å². The molecule has 1 atom stereocenters. The number of nitrogens with zero attached hydrogens (tertiary/aromatic N) is 2. The van der Waals surface area contributed by atoms with Crippen LogP contribution in [0.4, 0.5) is 0 Å². The van der Waals surface area contributed by atoms with Crippen molar-refractivity contribution in [1.82, 2.24) is 15.4 Å². The molecule has 7 heteroatoms. The van der Waals surface area contributed by atoms with Gasteiger partial charge in [-0.2, -0.15) is 0 Å². The fourth-order valence-corrected chi connectivity index (χ4v) is 3.40. The van der Waals surface area contributed by atoms with Crippen LogP contribution in [0.15, 0.2) is 34.9 Å². The Morgan fingerprint density at radius 1 is 1.34 bits per heavy atom. The van der Waals surface area contributed by atoms with Crippen molar-refractivity contribution in [3.05, 3.63) is 47.3 Å². The fraction of sp³-hybridized carbons (Fsp3) is 0.500. The summed E-state index contributed by atoms with van der Waals surface area (Å²) in [7, 11) is 1.64. The van der Waals surface area contributed by atoms with E-state index < -0.39 is 0 Å². The molecule has 1 fully saturated rings. The lowest BCUT2D eigenvalue weighted by molar-refractivity contribution is -0.138. The van der Waals surface area contributed by atoms with E-state index in [1.54, 1.807) is 12.0 Å². The van der Waals surface area contributed by atoms with Crippen molar-refractivity contribution in [2.24, 2.45) is 5.92 Å². The number of piperidine rings is 1. The van der Waals surface area contributed by atoms with Crippen LogP contribution in [0.5, 0.6) is 5.75 Å². The molecule has 7 nitrogen and oxygen atoms in total. The quantitative estimate of drug-likeness (QED) is 0.738. The van der Waals surface area contributed by atoms with Gasteiger partial charge in [-0.3, -0.25) is 9.59 Å². The second kappa shape index (κ2) is 9.58. The molecule has 1 aliphatic heterocycles. The van der Waals surface area contributed by atoms with Crippen molar-refractivity contribution < 1.29 is 18.8 Å². The molecule has 3 rings (SSSR count). The topological polar surface area (TPSA) is 84.7 Å². The monoisotopic (exact) mass is 399 g/mol. The first-order chi connectivity index (χ1) is 14.0. The van der Waals surface area contributed by atoms with Gasteiger partial charge in [-0.15, -0.1) is 0 Å². The smallest absolute Gasteiger partial charge is 0.225 e. The van der Waals surface area contributed by atoms with E-state index in [1.165, 1.54) is 0 Å². The summed E-state index contributed by atoms with van der Waals surface area (Å²) in [5.74, 6) is 1.61. The lowest BCUT2D eigenvalue weighted by Crippen LogP contribution is -2.46. The Labute approximate surface area is 171 Å². The van der Waals surface area contributed by atoms with Crippen molar-refractivity contribution in [2.75, 3.05) is 20.2 Å². The Balaban J connectivity index is 1.49. The van der Waals surface area contributed by atoms with Gasteiger partial charge in [0, 0.05) is 25.6 Å². The normalized spacial score (nSPS) is 16.9. The van der Waals surface area contributed by atoms with E-state index in [0.29, 0.717) is 38.2 Å². The number of carbonyl (C=O) groups is 2. The molecule has 2 amide bonds. The first-order valence-corrected chi connectivity index (χ1v) is 10.1. The molecule has 0 radical (unpaired) electrons. The number of hydrogen-bond acceptors (Lipinski definition) is 5.